The van der Waals surface area contributed by atoms with Crippen LogP contribution in [0.25, 0.3) is 10.9 Å². The lowest BCUT2D eigenvalue weighted by Crippen LogP contribution is -1.81. The van der Waals surface area contributed by atoms with Crippen LogP contribution in [-0.4, -0.2) is 4.98 Å². The van der Waals surface area contributed by atoms with Crippen LogP contribution in [0.4, 0.5) is 8.78 Å². The highest BCUT2D eigenvalue weighted by Gasteiger charge is 2.09. The molecule has 0 spiro atoms. The summed E-state index contributed by atoms with van der Waals surface area (Å²) in [5.41, 5.74) is 0.226. The van der Waals surface area contributed by atoms with Crippen molar-refractivity contribution in [3.05, 3.63) is 30.0 Å². The predicted molar refractivity (Wildman–Crippen MR) is 49.7 cm³/mol. The molecule has 0 aliphatic heterocycles. The van der Waals surface area contributed by atoms with Crippen LogP contribution in [0.5, 0.6) is 0 Å². The molecular formula is C9H4F2N2S. The van der Waals surface area contributed by atoms with Gasteiger partial charge in [0.05, 0.1) is 5.52 Å². The summed E-state index contributed by atoms with van der Waals surface area (Å²) in [6, 6.07) is 2.01. The van der Waals surface area contributed by atoms with Crippen LogP contribution in [0.1, 0.15) is 0 Å². The summed E-state index contributed by atoms with van der Waals surface area (Å²) in [5.74, 6) is -1.29. The molecule has 0 bridgehead atoms. The fourth-order valence-electron chi connectivity index (χ4n) is 1.26. The molecule has 0 unspecified atom stereocenters. The number of fused-ring (bicyclic) bond motifs is 1. The minimum atomic E-state index is -0.648. The third-order valence-electron chi connectivity index (χ3n) is 1.82. The van der Waals surface area contributed by atoms with Crippen molar-refractivity contribution in [2.45, 2.75) is 4.90 Å². The van der Waals surface area contributed by atoms with Gasteiger partial charge in [0.2, 0.25) is 0 Å². The fourth-order valence-corrected chi connectivity index (χ4v) is 1.75. The molecule has 14 heavy (non-hydrogen) atoms. The number of H-pyrrole nitrogens is 1. The Kier molecular flexibility index (Phi) is 2.14. The fraction of sp³-hybridized carbons (Fsp3) is 0. The Morgan fingerprint density at radius 2 is 2.14 bits per heavy atom. The Morgan fingerprint density at radius 1 is 1.36 bits per heavy atom. The summed E-state index contributed by atoms with van der Waals surface area (Å²) < 4.78 is 26.0. The van der Waals surface area contributed by atoms with Crippen molar-refractivity contribution >= 4 is 22.7 Å². The van der Waals surface area contributed by atoms with Crippen molar-refractivity contribution in [1.29, 1.82) is 5.26 Å². The standard InChI is InChI=1S/C9H4F2N2S/c10-5-1-6-8(14-4-12)3-13-9(6)7(11)2-5/h1-3,13H. The smallest absolute Gasteiger partial charge is 0.150 e. The number of rotatable bonds is 1. The number of benzene rings is 1. The first kappa shape index (κ1) is 9.03. The van der Waals surface area contributed by atoms with E-state index in [1.165, 1.54) is 12.3 Å². The third-order valence-corrected chi connectivity index (χ3v) is 2.47. The number of hydrogen-bond acceptors (Lipinski definition) is 2. The van der Waals surface area contributed by atoms with Crippen molar-refractivity contribution < 1.29 is 8.78 Å². The number of nitriles is 1. The van der Waals surface area contributed by atoms with E-state index >= 15 is 0 Å². The Hall–Kier alpha value is -1.54. The van der Waals surface area contributed by atoms with Crippen LogP contribution < -0.4 is 0 Å². The summed E-state index contributed by atoms with van der Waals surface area (Å²) in [7, 11) is 0. The number of nitrogens with zero attached hydrogens (tertiary/aromatic N) is 1. The maximum atomic E-state index is 13.1. The van der Waals surface area contributed by atoms with Gasteiger partial charge in [-0.25, -0.2) is 8.78 Å². The first-order chi connectivity index (χ1) is 6.72. The number of nitrogens with one attached hydrogen (secondary N) is 1. The van der Waals surface area contributed by atoms with E-state index < -0.39 is 11.6 Å². The second-order valence-electron chi connectivity index (χ2n) is 2.66. The van der Waals surface area contributed by atoms with Crippen molar-refractivity contribution in [2.24, 2.45) is 0 Å². The predicted octanol–water partition coefficient (Wildman–Crippen LogP) is 3.02. The molecule has 2 nitrogen and oxygen atoms in total. The molecule has 0 aliphatic rings. The molecule has 1 aromatic heterocycles. The second-order valence-corrected chi connectivity index (χ2v) is 3.48. The van der Waals surface area contributed by atoms with Gasteiger partial charge in [0.25, 0.3) is 0 Å². The molecule has 0 amide bonds. The van der Waals surface area contributed by atoms with Crippen molar-refractivity contribution in [1.82, 2.24) is 4.98 Å². The van der Waals surface area contributed by atoms with Gasteiger partial charge in [-0.2, -0.15) is 5.26 Å². The largest absolute Gasteiger partial charge is 0.358 e. The summed E-state index contributed by atoms with van der Waals surface area (Å²) in [6.07, 6.45) is 1.49. The number of thioether (sulfide) groups is 1. The lowest BCUT2D eigenvalue weighted by atomic mass is 10.2. The number of thiocyanates is 1. The maximum absolute atomic E-state index is 13.1. The van der Waals surface area contributed by atoms with Gasteiger partial charge >= 0.3 is 0 Å². The van der Waals surface area contributed by atoms with Crippen LogP contribution in [0.15, 0.2) is 23.2 Å². The lowest BCUT2D eigenvalue weighted by molar-refractivity contribution is 0.591. The first-order valence-corrected chi connectivity index (χ1v) is 4.56. The molecule has 0 aliphatic carbocycles. The average molecular weight is 210 g/mol. The molecule has 0 saturated carbocycles. The average Bonchev–Trinajstić information content (AvgIpc) is 2.49. The summed E-state index contributed by atoms with van der Waals surface area (Å²) in [6.45, 7) is 0. The van der Waals surface area contributed by atoms with Crippen molar-refractivity contribution in [3.8, 4) is 5.40 Å². The summed E-state index contributed by atoms with van der Waals surface area (Å²) >= 11 is 0.870. The number of aromatic nitrogens is 1. The Balaban J connectivity index is 2.73. The van der Waals surface area contributed by atoms with Crippen LogP contribution in [0, 0.1) is 22.3 Å². The van der Waals surface area contributed by atoms with Gasteiger partial charge in [-0.3, -0.25) is 0 Å². The van der Waals surface area contributed by atoms with Gasteiger partial charge in [-0.15, -0.1) is 0 Å². The minimum absolute atomic E-state index is 0.226. The molecule has 1 N–H and O–H groups in total. The molecule has 70 valence electrons. The molecule has 0 atom stereocenters. The zero-order valence-corrected chi connectivity index (χ0v) is 7.66. The van der Waals surface area contributed by atoms with Crippen LogP contribution in [0.2, 0.25) is 0 Å². The van der Waals surface area contributed by atoms with Crippen LogP contribution in [0.3, 0.4) is 0 Å². The molecule has 0 saturated heterocycles. The highest BCUT2D eigenvalue weighted by molar-refractivity contribution is 8.04. The van der Waals surface area contributed by atoms with Gasteiger partial charge in [-0.05, 0) is 17.8 Å². The van der Waals surface area contributed by atoms with Gasteiger partial charge in [0.1, 0.15) is 17.0 Å². The van der Waals surface area contributed by atoms with E-state index in [-0.39, 0.29) is 5.52 Å². The molecular weight excluding hydrogens is 206 g/mol. The highest BCUT2D eigenvalue weighted by Crippen LogP contribution is 2.29. The zero-order chi connectivity index (χ0) is 10.1. The van der Waals surface area contributed by atoms with E-state index in [1.54, 1.807) is 0 Å². The minimum Gasteiger partial charge on any atom is -0.358 e. The van der Waals surface area contributed by atoms with Gasteiger partial charge in [0.15, 0.2) is 0 Å². The van der Waals surface area contributed by atoms with E-state index in [4.69, 9.17) is 5.26 Å². The molecule has 1 aromatic carbocycles. The number of aromatic amines is 1. The zero-order valence-electron chi connectivity index (χ0n) is 6.84. The molecule has 0 radical (unpaired) electrons. The van der Waals surface area contributed by atoms with Gasteiger partial charge in [-0.1, -0.05) is 0 Å². The van der Waals surface area contributed by atoms with E-state index in [0.717, 1.165) is 17.8 Å². The van der Waals surface area contributed by atoms with E-state index in [2.05, 4.69) is 4.98 Å². The SMILES string of the molecule is N#CSc1c[nH]c2c(F)cc(F)cc12. The third kappa shape index (κ3) is 1.34. The molecule has 0 fully saturated rings. The summed E-state index contributed by atoms with van der Waals surface area (Å²) in [5, 5.41) is 10.7. The van der Waals surface area contributed by atoms with E-state index in [0.29, 0.717) is 10.3 Å². The molecule has 2 aromatic rings. The Labute approximate surface area is 82.5 Å². The van der Waals surface area contributed by atoms with Crippen molar-refractivity contribution in [3.63, 3.8) is 0 Å². The molecule has 2 rings (SSSR count). The normalized spacial score (nSPS) is 10.4. The van der Waals surface area contributed by atoms with Crippen LogP contribution >= 0.6 is 11.8 Å². The Bertz CT molecular complexity index is 527. The monoisotopic (exact) mass is 210 g/mol. The second kappa shape index (κ2) is 3.31. The molecule has 1 heterocycles. The Morgan fingerprint density at radius 3 is 2.86 bits per heavy atom. The number of halogens is 2. The van der Waals surface area contributed by atoms with E-state index in [9.17, 15) is 8.78 Å². The quantitative estimate of drug-likeness (QED) is 0.580. The van der Waals surface area contributed by atoms with Crippen LogP contribution in [-0.2, 0) is 0 Å². The maximum Gasteiger partial charge on any atom is 0.150 e. The number of hydrogen-bond donors (Lipinski definition) is 1. The topological polar surface area (TPSA) is 39.6 Å². The van der Waals surface area contributed by atoms with Gasteiger partial charge in [0, 0.05) is 22.5 Å². The highest BCUT2D eigenvalue weighted by atomic mass is 32.2. The van der Waals surface area contributed by atoms with Gasteiger partial charge < -0.3 is 4.98 Å². The molecule has 5 heteroatoms. The van der Waals surface area contributed by atoms with Crippen molar-refractivity contribution in [2.75, 3.05) is 0 Å². The van der Waals surface area contributed by atoms with E-state index in [1.807, 2.05) is 5.40 Å². The first-order valence-electron chi connectivity index (χ1n) is 3.74. The summed E-state index contributed by atoms with van der Waals surface area (Å²) in [4.78, 5) is 3.18. The lowest BCUT2D eigenvalue weighted by Gasteiger charge is -1.94.